The first-order chi connectivity index (χ1) is 12.7. The molecule has 0 spiro atoms. The molecule has 1 aromatic heterocycles. The van der Waals surface area contributed by atoms with Crippen LogP contribution in [0, 0.1) is 0 Å². The predicted octanol–water partition coefficient (Wildman–Crippen LogP) is 2.91. The van der Waals surface area contributed by atoms with Crippen molar-refractivity contribution >= 4 is 35.8 Å². The number of hydrogen-bond donors (Lipinski definition) is 3. The molecule has 1 aliphatic rings. The number of furan rings is 1. The molecule has 2 aromatic rings. The van der Waals surface area contributed by atoms with E-state index in [0.717, 1.165) is 19.0 Å². The van der Waals surface area contributed by atoms with Crippen molar-refractivity contribution in [2.24, 2.45) is 4.99 Å². The molecule has 3 N–H and O–H groups in total. The topological polar surface area (TPSA) is 78.7 Å². The Kier molecular flexibility index (Phi) is 8.15. The number of hydrogen-bond acceptors (Lipinski definition) is 3. The molecule has 0 unspecified atom stereocenters. The summed E-state index contributed by atoms with van der Waals surface area (Å²) in [5.74, 6) is 0.894. The van der Waals surface area contributed by atoms with Gasteiger partial charge in [-0.25, -0.2) is 0 Å². The molecule has 3 rings (SSSR count). The average Bonchev–Trinajstić information content (AvgIpc) is 3.26. The van der Waals surface area contributed by atoms with Gasteiger partial charge in [-0.1, -0.05) is 30.3 Å². The summed E-state index contributed by atoms with van der Waals surface area (Å²) in [6.07, 6.45) is 3.85. The van der Waals surface area contributed by atoms with Gasteiger partial charge in [0.25, 0.3) is 5.91 Å². The van der Waals surface area contributed by atoms with Gasteiger partial charge in [0, 0.05) is 25.0 Å². The Morgan fingerprint density at radius 2 is 1.81 bits per heavy atom. The molecule has 0 saturated heterocycles. The fraction of sp³-hybridized carbons (Fsp3) is 0.400. The highest BCUT2D eigenvalue weighted by Gasteiger charge is 2.43. The summed E-state index contributed by atoms with van der Waals surface area (Å²) < 4.78 is 5.07. The van der Waals surface area contributed by atoms with E-state index in [0.29, 0.717) is 18.8 Å². The van der Waals surface area contributed by atoms with Crippen molar-refractivity contribution in [3.8, 4) is 0 Å². The van der Waals surface area contributed by atoms with Gasteiger partial charge in [0.05, 0.1) is 12.8 Å². The van der Waals surface area contributed by atoms with Gasteiger partial charge in [0.2, 0.25) is 0 Å². The van der Waals surface area contributed by atoms with Gasteiger partial charge in [-0.3, -0.25) is 9.79 Å². The molecule has 1 saturated carbocycles. The van der Waals surface area contributed by atoms with Gasteiger partial charge in [0.15, 0.2) is 11.7 Å². The highest BCUT2D eigenvalue weighted by Crippen LogP contribution is 2.48. The van der Waals surface area contributed by atoms with E-state index in [1.807, 2.05) is 13.0 Å². The number of guanidine groups is 1. The maximum atomic E-state index is 11.8. The molecule has 1 fully saturated rings. The van der Waals surface area contributed by atoms with Crippen molar-refractivity contribution in [2.45, 2.75) is 25.2 Å². The smallest absolute Gasteiger partial charge is 0.287 e. The number of amides is 1. The zero-order chi connectivity index (χ0) is 18.2. The van der Waals surface area contributed by atoms with Crippen molar-refractivity contribution in [3.05, 3.63) is 60.1 Å². The van der Waals surface area contributed by atoms with E-state index in [1.54, 1.807) is 12.1 Å². The van der Waals surface area contributed by atoms with Gasteiger partial charge >= 0.3 is 0 Å². The van der Waals surface area contributed by atoms with Gasteiger partial charge in [-0.2, -0.15) is 0 Å². The van der Waals surface area contributed by atoms with E-state index in [1.165, 1.54) is 24.7 Å². The fourth-order valence-corrected chi connectivity index (χ4v) is 2.90. The van der Waals surface area contributed by atoms with Gasteiger partial charge < -0.3 is 20.4 Å². The second-order valence-corrected chi connectivity index (χ2v) is 6.50. The Morgan fingerprint density at radius 1 is 1.07 bits per heavy atom. The van der Waals surface area contributed by atoms with E-state index in [9.17, 15) is 4.79 Å². The fourth-order valence-electron chi connectivity index (χ4n) is 2.90. The molecule has 0 bridgehead atoms. The number of benzene rings is 1. The molecule has 0 atom stereocenters. The lowest BCUT2D eigenvalue weighted by molar-refractivity contribution is 0.0926. The second kappa shape index (κ2) is 10.3. The largest absolute Gasteiger partial charge is 0.459 e. The zero-order valence-corrected chi connectivity index (χ0v) is 17.9. The van der Waals surface area contributed by atoms with Crippen LogP contribution in [0.1, 0.15) is 35.9 Å². The number of nitrogens with zero attached hydrogens (tertiary/aromatic N) is 1. The molecule has 6 nitrogen and oxygen atoms in total. The molecule has 0 aliphatic heterocycles. The van der Waals surface area contributed by atoms with Crippen molar-refractivity contribution in [1.29, 1.82) is 0 Å². The van der Waals surface area contributed by atoms with Crippen LogP contribution in [0.3, 0.4) is 0 Å². The molecule has 7 heteroatoms. The zero-order valence-electron chi connectivity index (χ0n) is 15.5. The minimum absolute atomic E-state index is 0. The highest BCUT2D eigenvalue weighted by molar-refractivity contribution is 14.0. The molecule has 1 amide bonds. The van der Waals surface area contributed by atoms with Crippen LogP contribution < -0.4 is 16.0 Å². The summed E-state index contributed by atoms with van der Waals surface area (Å²) in [6, 6.07) is 13.9. The molecule has 146 valence electrons. The number of nitrogens with one attached hydrogen (secondary N) is 3. The van der Waals surface area contributed by atoms with Crippen LogP contribution in [-0.4, -0.2) is 38.0 Å². The van der Waals surface area contributed by atoms with Crippen molar-refractivity contribution in [1.82, 2.24) is 16.0 Å². The van der Waals surface area contributed by atoms with Gasteiger partial charge in [-0.05, 0) is 37.5 Å². The maximum Gasteiger partial charge on any atom is 0.287 e. The van der Waals surface area contributed by atoms with E-state index >= 15 is 0 Å². The van der Waals surface area contributed by atoms with E-state index < -0.39 is 0 Å². The Labute approximate surface area is 177 Å². The first kappa shape index (κ1) is 21.3. The standard InChI is InChI=1S/C20H26N4O2.HI/c1-2-21-19(23-13-12-22-18(25)17-9-6-14-26-17)24-15-20(10-11-20)16-7-4-3-5-8-16;/h3-9,14H,2,10-13,15H2,1H3,(H,22,25)(H2,21,23,24);1H. The van der Waals surface area contributed by atoms with Crippen molar-refractivity contribution in [2.75, 3.05) is 26.2 Å². The summed E-state index contributed by atoms with van der Waals surface area (Å²) >= 11 is 0. The Hall–Kier alpha value is -2.03. The minimum atomic E-state index is -0.209. The number of aliphatic imine (C=N–C) groups is 1. The summed E-state index contributed by atoms with van der Waals surface area (Å²) in [6.45, 7) is 4.69. The minimum Gasteiger partial charge on any atom is -0.459 e. The lowest BCUT2D eigenvalue weighted by atomic mass is 9.96. The Bertz CT molecular complexity index is 728. The first-order valence-electron chi connectivity index (χ1n) is 9.13. The predicted molar refractivity (Wildman–Crippen MR) is 118 cm³/mol. The third kappa shape index (κ3) is 5.98. The van der Waals surface area contributed by atoms with Crippen molar-refractivity contribution in [3.63, 3.8) is 0 Å². The normalized spacial score (nSPS) is 14.8. The SMILES string of the molecule is CCNC(=NCC1(c2ccccc2)CC1)NCCNC(=O)c1ccco1.I. The molecular weight excluding hydrogens is 455 g/mol. The van der Waals surface area contributed by atoms with Crippen LogP contribution in [0.25, 0.3) is 0 Å². The summed E-state index contributed by atoms with van der Waals surface area (Å²) in [7, 11) is 0. The summed E-state index contributed by atoms with van der Waals surface area (Å²) in [4.78, 5) is 16.6. The lowest BCUT2D eigenvalue weighted by Crippen LogP contribution is -2.42. The number of rotatable bonds is 8. The van der Waals surface area contributed by atoms with Crippen LogP contribution in [-0.2, 0) is 5.41 Å². The third-order valence-corrected chi connectivity index (χ3v) is 4.57. The number of carbonyl (C=O) groups excluding carboxylic acids is 1. The molecule has 1 heterocycles. The Balaban J connectivity index is 0.00000261. The summed E-state index contributed by atoms with van der Waals surface area (Å²) in [5, 5.41) is 9.34. The van der Waals surface area contributed by atoms with Crippen molar-refractivity contribution < 1.29 is 9.21 Å². The van der Waals surface area contributed by atoms with E-state index in [2.05, 4.69) is 40.2 Å². The van der Waals surface area contributed by atoms with E-state index in [-0.39, 0.29) is 35.3 Å². The van der Waals surface area contributed by atoms with Crippen LogP contribution in [0.15, 0.2) is 58.1 Å². The van der Waals surface area contributed by atoms with Gasteiger partial charge in [-0.15, -0.1) is 24.0 Å². The van der Waals surface area contributed by atoms with Crippen LogP contribution in [0.4, 0.5) is 0 Å². The van der Waals surface area contributed by atoms with E-state index in [4.69, 9.17) is 9.41 Å². The highest BCUT2D eigenvalue weighted by atomic mass is 127. The van der Waals surface area contributed by atoms with Crippen LogP contribution >= 0.6 is 24.0 Å². The third-order valence-electron chi connectivity index (χ3n) is 4.57. The van der Waals surface area contributed by atoms with Crippen LogP contribution in [0.5, 0.6) is 0 Å². The number of carbonyl (C=O) groups is 1. The summed E-state index contributed by atoms with van der Waals surface area (Å²) in [5.41, 5.74) is 1.56. The van der Waals surface area contributed by atoms with Gasteiger partial charge in [0.1, 0.15) is 0 Å². The Morgan fingerprint density at radius 3 is 2.44 bits per heavy atom. The molecular formula is C20H27IN4O2. The maximum absolute atomic E-state index is 11.8. The van der Waals surface area contributed by atoms with Crippen LogP contribution in [0.2, 0.25) is 0 Å². The molecule has 27 heavy (non-hydrogen) atoms. The molecule has 0 radical (unpaired) electrons. The molecule has 1 aromatic carbocycles. The first-order valence-corrected chi connectivity index (χ1v) is 9.13. The quantitative estimate of drug-likeness (QED) is 0.234. The average molecular weight is 482 g/mol. The molecule has 1 aliphatic carbocycles. The lowest BCUT2D eigenvalue weighted by Gasteiger charge is -2.16. The number of halogens is 1. The monoisotopic (exact) mass is 482 g/mol. The second-order valence-electron chi connectivity index (χ2n) is 6.50.